The number of aromatic hydroxyl groups is 1. The number of cyclic esters (lactones) is 2. The number of phenolic OH excluding ortho intramolecular Hbond substituents is 1. The van der Waals surface area contributed by atoms with E-state index in [1.54, 1.807) is 13.0 Å². The maximum absolute atomic E-state index is 12.2. The maximum Gasteiger partial charge on any atom is 0.348 e. The van der Waals surface area contributed by atoms with E-state index in [4.69, 9.17) is 14.2 Å². The number of halogens is 1. The van der Waals surface area contributed by atoms with Crippen LogP contribution in [0, 0.1) is 3.57 Å². The third-order valence-corrected chi connectivity index (χ3v) is 4.45. The summed E-state index contributed by atoms with van der Waals surface area (Å²) in [5.41, 5.74) is 0.336. The van der Waals surface area contributed by atoms with Gasteiger partial charge in [-0.2, -0.15) is 0 Å². The SMILES string of the molecule is CCCCC1(C)OC(=O)C(=Cc2cc(I)c(O)c(OC)c2)C(=O)O1. The summed E-state index contributed by atoms with van der Waals surface area (Å²) in [6.07, 6.45) is 3.51. The van der Waals surface area contributed by atoms with Crippen LogP contribution in [0.2, 0.25) is 0 Å². The van der Waals surface area contributed by atoms with Gasteiger partial charge in [0, 0.05) is 13.3 Å². The van der Waals surface area contributed by atoms with Crippen molar-refractivity contribution in [3.8, 4) is 11.5 Å². The van der Waals surface area contributed by atoms with Gasteiger partial charge in [-0.1, -0.05) is 13.3 Å². The monoisotopic (exact) mass is 446 g/mol. The van der Waals surface area contributed by atoms with E-state index in [2.05, 4.69) is 0 Å². The molecule has 0 atom stereocenters. The molecule has 6 nitrogen and oxygen atoms in total. The number of hydrogen-bond acceptors (Lipinski definition) is 6. The van der Waals surface area contributed by atoms with Gasteiger partial charge in [-0.3, -0.25) is 0 Å². The first-order valence-electron chi connectivity index (χ1n) is 7.54. The van der Waals surface area contributed by atoms with Crippen LogP contribution in [0.25, 0.3) is 6.08 Å². The molecule has 1 saturated heterocycles. The van der Waals surface area contributed by atoms with Crippen molar-refractivity contribution in [3.05, 3.63) is 26.8 Å². The molecule has 1 aliphatic rings. The van der Waals surface area contributed by atoms with Crippen molar-refractivity contribution in [2.75, 3.05) is 7.11 Å². The highest BCUT2D eigenvalue weighted by atomic mass is 127. The fraction of sp³-hybridized carbons (Fsp3) is 0.412. The molecular formula is C17H19IO6. The number of methoxy groups -OCH3 is 1. The molecule has 2 rings (SSSR count). The third-order valence-electron chi connectivity index (χ3n) is 3.62. The number of esters is 2. The van der Waals surface area contributed by atoms with E-state index < -0.39 is 17.7 Å². The van der Waals surface area contributed by atoms with Crippen molar-refractivity contribution in [1.82, 2.24) is 0 Å². The van der Waals surface area contributed by atoms with Crippen molar-refractivity contribution < 1.29 is 28.9 Å². The van der Waals surface area contributed by atoms with Crippen LogP contribution in [-0.2, 0) is 19.1 Å². The van der Waals surface area contributed by atoms with E-state index in [9.17, 15) is 14.7 Å². The summed E-state index contributed by atoms with van der Waals surface area (Å²) in [7, 11) is 1.42. The second-order valence-corrected chi connectivity index (χ2v) is 6.79. The van der Waals surface area contributed by atoms with Crippen molar-refractivity contribution in [2.24, 2.45) is 0 Å². The molecule has 0 aliphatic carbocycles. The highest BCUT2D eigenvalue weighted by Crippen LogP contribution is 2.34. The topological polar surface area (TPSA) is 82.1 Å². The third kappa shape index (κ3) is 4.00. The number of hydrogen-bond donors (Lipinski definition) is 1. The molecule has 0 radical (unpaired) electrons. The molecule has 0 bridgehead atoms. The van der Waals surface area contributed by atoms with Crippen LogP contribution >= 0.6 is 22.6 Å². The van der Waals surface area contributed by atoms with Gasteiger partial charge in [0.25, 0.3) is 5.79 Å². The molecule has 1 fully saturated rings. The molecule has 0 amide bonds. The van der Waals surface area contributed by atoms with Gasteiger partial charge in [0.1, 0.15) is 5.57 Å². The molecule has 24 heavy (non-hydrogen) atoms. The number of ether oxygens (including phenoxy) is 3. The first kappa shape index (κ1) is 18.6. The van der Waals surface area contributed by atoms with E-state index >= 15 is 0 Å². The first-order valence-corrected chi connectivity index (χ1v) is 8.62. The molecule has 0 aromatic heterocycles. The van der Waals surface area contributed by atoms with Gasteiger partial charge in [-0.15, -0.1) is 0 Å². The Hall–Kier alpha value is -1.77. The zero-order valence-electron chi connectivity index (χ0n) is 13.7. The summed E-state index contributed by atoms with van der Waals surface area (Å²) in [6, 6.07) is 3.15. The Morgan fingerprint density at radius 3 is 2.46 bits per heavy atom. The van der Waals surface area contributed by atoms with E-state index in [1.165, 1.54) is 19.3 Å². The van der Waals surface area contributed by atoms with Crippen LogP contribution in [0.5, 0.6) is 11.5 Å². The summed E-state index contributed by atoms with van der Waals surface area (Å²) in [4.78, 5) is 24.4. The minimum Gasteiger partial charge on any atom is -0.504 e. The second kappa shape index (κ2) is 7.42. The molecule has 1 heterocycles. The number of phenols is 1. The van der Waals surface area contributed by atoms with E-state index in [0.717, 1.165) is 12.8 Å². The highest BCUT2D eigenvalue weighted by molar-refractivity contribution is 14.1. The number of benzene rings is 1. The highest BCUT2D eigenvalue weighted by Gasteiger charge is 2.41. The van der Waals surface area contributed by atoms with Gasteiger partial charge in [0.05, 0.1) is 10.7 Å². The summed E-state index contributed by atoms with van der Waals surface area (Å²) in [5.74, 6) is -2.40. The van der Waals surface area contributed by atoms with Crippen molar-refractivity contribution >= 4 is 40.6 Å². The Bertz CT molecular complexity index is 675. The summed E-state index contributed by atoms with van der Waals surface area (Å²) >= 11 is 1.93. The lowest BCUT2D eigenvalue weighted by Gasteiger charge is -2.33. The Kier molecular flexibility index (Phi) is 5.74. The smallest absolute Gasteiger partial charge is 0.348 e. The molecule has 0 spiro atoms. The molecular weight excluding hydrogens is 427 g/mol. The van der Waals surface area contributed by atoms with Crippen LogP contribution < -0.4 is 4.74 Å². The van der Waals surface area contributed by atoms with Gasteiger partial charge in [0.2, 0.25) is 0 Å². The van der Waals surface area contributed by atoms with Crippen LogP contribution in [-0.4, -0.2) is 29.9 Å². The van der Waals surface area contributed by atoms with Gasteiger partial charge < -0.3 is 19.3 Å². The Morgan fingerprint density at radius 1 is 1.29 bits per heavy atom. The minimum absolute atomic E-state index is 0.00110. The van der Waals surface area contributed by atoms with Crippen LogP contribution in [0.3, 0.4) is 0 Å². The molecule has 130 valence electrons. The average molecular weight is 446 g/mol. The lowest BCUT2D eigenvalue weighted by Crippen LogP contribution is -2.44. The first-order chi connectivity index (χ1) is 11.3. The van der Waals surface area contributed by atoms with Gasteiger partial charge in [-0.05, 0) is 52.8 Å². The molecule has 1 aliphatic heterocycles. The molecule has 1 N–H and O–H groups in total. The Labute approximate surface area is 153 Å². The predicted octanol–water partition coefficient (Wildman–Crippen LogP) is 3.40. The van der Waals surface area contributed by atoms with Crippen molar-refractivity contribution in [1.29, 1.82) is 0 Å². The molecule has 0 unspecified atom stereocenters. The number of carbonyl (C=O) groups is 2. The lowest BCUT2D eigenvalue weighted by atomic mass is 10.1. The van der Waals surface area contributed by atoms with Crippen molar-refractivity contribution in [2.45, 2.75) is 38.9 Å². The van der Waals surface area contributed by atoms with E-state index in [0.29, 0.717) is 15.6 Å². The predicted molar refractivity (Wildman–Crippen MR) is 95.5 cm³/mol. The van der Waals surface area contributed by atoms with Crippen molar-refractivity contribution in [3.63, 3.8) is 0 Å². The summed E-state index contributed by atoms with van der Waals surface area (Å²) in [6.45, 7) is 3.59. The summed E-state index contributed by atoms with van der Waals surface area (Å²) in [5, 5.41) is 9.85. The zero-order chi connectivity index (χ0) is 17.9. The van der Waals surface area contributed by atoms with Gasteiger partial charge >= 0.3 is 11.9 Å². The van der Waals surface area contributed by atoms with E-state index in [1.807, 2.05) is 29.5 Å². The molecule has 7 heteroatoms. The normalized spacial score (nSPS) is 20.4. The Morgan fingerprint density at radius 2 is 1.92 bits per heavy atom. The van der Waals surface area contributed by atoms with Crippen LogP contribution in [0.1, 0.15) is 38.7 Å². The number of unbranched alkanes of at least 4 members (excludes halogenated alkanes) is 1. The fourth-order valence-corrected chi connectivity index (χ4v) is 2.95. The second-order valence-electron chi connectivity index (χ2n) is 5.63. The molecule has 1 aromatic rings. The molecule has 0 saturated carbocycles. The quantitative estimate of drug-likeness (QED) is 0.323. The Balaban J connectivity index is 2.30. The van der Waals surface area contributed by atoms with Crippen LogP contribution in [0.15, 0.2) is 17.7 Å². The standard InChI is InChI=1S/C17H19IO6/c1-4-5-6-17(2)23-15(20)11(16(21)24-17)7-10-8-12(18)14(19)13(9-10)22-3/h7-9,19H,4-6H2,1-3H3. The number of rotatable bonds is 5. The van der Waals surface area contributed by atoms with Gasteiger partial charge in [0.15, 0.2) is 11.5 Å². The summed E-state index contributed by atoms with van der Waals surface area (Å²) < 4.78 is 16.2. The zero-order valence-corrected chi connectivity index (χ0v) is 15.9. The van der Waals surface area contributed by atoms with E-state index in [-0.39, 0.29) is 17.1 Å². The van der Waals surface area contributed by atoms with Crippen LogP contribution in [0.4, 0.5) is 0 Å². The number of carbonyl (C=O) groups excluding carboxylic acids is 2. The van der Waals surface area contributed by atoms with Gasteiger partial charge in [-0.25, -0.2) is 9.59 Å². The average Bonchev–Trinajstić information content (AvgIpc) is 2.52. The molecule has 1 aromatic carbocycles. The largest absolute Gasteiger partial charge is 0.504 e. The minimum atomic E-state index is -1.22. The lowest BCUT2D eigenvalue weighted by molar-refractivity contribution is -0.230. The maximum atomic E-state index is 12.2. The fourth-order valence-electron chi connectivity index (χ4n) is 2.32.